The first kappa shape index (κ1) is 11.9. The van der Waals surface area contributed by atoms with E-state index in [4.69, 9.17) is 0 Å². The zero-order valence-electron chi connectivity index (χ0n) is 10.2. The number of nitrogens with zero attached hydrogens (tertiary/aromatic N) is 3. The minimum absolute atomic E-state index is 0.717. The smallest absolute Gasteiger partial charge is 0.225 e. The van der Waals surface area contributed by atoms with E-state index >= 15 is 0 Å². The summed E-state index contributed by atoms with van der Waals surface area (Å²) < 4.78 is 0. The SMILES string of the molecule is BrCC1CCCN(c2ncc3ccccc3n2)C1. The number of rotatable bonds is 2. The van der Waals surface area contributed by atoms with Crippen LogP contribution in [0.4, 0.5) is 5.95 Å². The number of benzene rings is 1. The summed E-state index contributed by atoms with van der Waals surface area (Å²) >= 11 is 3.58. The molecule has 3 nitrogen and oxygen atoms in total. The minimum Gasteiger partial charge on any atom is -0.341 e. The van der Waals surface area contributed by atoms with Crippen molar-refractivity contribution in [2.24, 2.45) is 5.92 Å². The number of piperidine rings is 1. The van der Waals surface area contributed by atoms with Gasteiger partial charge in [-0.15, -0.1) is 0 Å². The lowest BCUT2D eigenvalue weighted by molar-refractivity contribution is 0.450. The highest BCUT2D eigenvalue weighted by Gasteiger charge is 2.20. The van der Waals surface area contributed by atoms with Crippen molar-refractivity contribution in [1.82, 2.24) is 9.97 Å². The van der Waals surface area contributed by atoms with Gasteiger partial charge >= 0.3 is 0 Å². The number of hydrogen-bond acceptors (Lipinski definition) is 3. The average molecular weight is 306 g/mol. The van der Waals surface area contributed by atoms with Gasteiger partial charge in [0.2, 0.25) is 5.95 Å². The largest absolute Gasteiger partial charge is 0.341 e. The summed E-state index contributed by atoms with van der Waals surface area (Å²) in [7, 11) is 0. The lowest BCUT2D eigenvalue weighted by Gasteiger charge is -2.31. The van der Waals surface area contributed by atoms with Crippen molar-refractivity contribution in [2.45, 2.75) is 12.8 Å². The average Bonchev–Trinajstić information content (AvgIpc) is 2.47. The fourth-order valence-corrected chi connectivity index (χ4v) is 3.02. The third kappa shape index (κ3) is 2.34. The van der Waals surface area contributed by atoms with E-state index in [1.54, 1.807) is 0 Å². The van der Waals surface area contributed by atoms with Crippen molar-refractivity contribution in [3.63, 3.8) is 0 Å². The highest BCUT2D eigenvalue weighted by Crippen LogP contribution is 2.22. The number of anilines is 1. The first-order valence-electron chi connectivity index (χ1n) is 6.39. The highest BCUT2D eigenvalue weighted by molar-refractivity contribution is 9.09. The van der Waals surface area contributed by atoms with Crippen LogP contribution in [-0.4, -0.2) is 28.4 Å². The van der Waals surface area contributed by atoms with Gasteiger partial charge in [0.25, 0.3) is 0 Å². The molecule has 2 heterocycles. The first-order valence-corrected chi connectivity index (χ1v) is 7.51. The van der Waals surface area contributed by atoms with Gasteiger partial charge in [0.05, 0.1) is 5.52 Å². The predicted molar refractivity (Wildman–Crippen MR) is 78.3 cm³/mol. The lowest BCUT2D eigenvalue weighted by Crippen LogP contribution is -2.37. The second-order valence-corrected chi connectivity index (χ2v) is 5.48. The van der Waals surface area contributed by atoms with Crippen molar-refractivity contribution < 1.29 is 0 Å². The Morgan fingerprint density at radius 3 is 3.11 bits per heavy atom. The van der Waals surface area contributed by atoms with Crippen LogP contribution in [0.3, 0.4) is 0 Å². The monoisotopic (exact) mass is 305 g/mol. The summed E-state index contributed by atoms with van der Waals surface area (Å²) in [5.41, 5.74) is 1.03. The van der Waals surface area contributed by atoms with Gasteiger partial charge in [-0.25, -0.2) is 9.97 Å². The van der Waals surface area contributed by atoms with Crippen molar-refractivity contribution in [3.05, 3.63) is 30.5 Å². The zero-order chi connectivity index (χ0) is 12.4. The molecule has 3 rings (SSSR count). The van der Waals surface area contributed by atoms with Gasteiger partial charge < -0.3 is 4.90 Å². The standard InChI is InChI=1S/C14H16BrN3/c15-8-11-4-3-7-18(10-11)14-16-9-12-5-1-2-6-13(12)17-14/h1-2,5-6,9,11H,3-4,7-8,10H2. The molecule has 0 aliphatic carbocycles. The molecule has 1 saturated heterocycles. The predicted octanol–water partition coefficient (Wildman–Crippen LogP) is 3.24. The van der Waals surface area contributed by atoms with Crippen molar-refractivity contribution in [1.29, 1.82) is 0 Å². The van der Waals surface area contributed by atoms with Gasteiger partial charge in [0.15, 0.2) is 0 Å². The number of aromatic nitrogens is 2. The second kappa shape index (κ2) is 5.22. The Labute approximate surface area is 115 Å². The molecule has 0 saturated carbocycles. The third-order valence-corrected chi connectivity index (χ3v) is 4.41. The molecule has 1 aliphatic heterocycles. The molecular weight excluding hydrogens is 290 g/mol. The minimum atomic E-state index is 0.717. The van der Waals surface area contributed by atoms with Crippen LogP contribution >= 0.6 is 15.9 Å². The molecule has 0 spiro atoms. The number of halogens is 1. The molecule has 1 unspecified atom stereocenters. The fraction of sp³-hybridized carbons (Fsp3) is 0.429. The third-order valence-electron chi connectivity index (χ3n) is 3.50. The molecule has 1 aromatic heterocycles. The van der Waals surface area contributed by atoms with Gasteiger partial charge in [-0.05, 0) is 24.8 Å². The van der Waals surface area contributed by atoms with E-state index in [-0.39, 0.29) is 0 Å². The van der Waals surface area contributed by atoms with Gasteiger partial charge in [0, 0.05) is 30.0 Å². The summed E-state index contributed by atoms with van der Waals surface area (Å²) in [6, 6.07) is 8.15. The Morgan fingerprint density at radius 1 is 1.33 bits per heavy atom. The van der Waals surface area contributed by atoms with Gasteiger partial charge in [-0.2, -0.15) is 0 Å². The normalized spacial score (nSPS) is 20.3. The maximum atomic E-state index is 4.67. The molecule has 0 amide bonds. The molecule has 18 heavy (non-hydrogen) atoms. The van der Waals surface area contributed by atoms with Crippen molar-refractivity contribution in [3.8, 4) is 0 Å². The molecule has 2 aromatic rings. The molecule has 1 aliphatic rings. The van der Waals surface area contributed by atoms with Crippen LogP contribution in [0.5, 0.6) is 0 Å². The molecule has 1 aromatic carbocycles. The Kier molecular flexibility index (Phi) is 3.46. The Morgan fingerprint density at radius 2 is 2.22 bits per heavy atom. The van der Waals surface area contributed by atoms with Crippen LogP contribution in [0, 0.1) is 5.92 Å². The van der Waals surface area contributed by atoms with Crippen molar-refractivity contribution in [2.75, 3.05) is 23.3 Å². The van der Waals surface area contributed by atoms with E-state index in [1.807, 2.05) is 24.4 Å². The fourth-order valence-electron chi connectivity index (χ4n) is 2.49. The molecule has 4 heteroatoms. The van der Waals surface area contributed by atoms with E-state index in [0.29, 0.717) is 5.92 Å². The lowest BCUT2D eigenvalue weighted by atomic mass is 10.0. The summed E-state index contributed by atoms with van der Waals surface area (Å²) in [4.78, 5) is 11.5. The van der Waals surface area contributed by atoms with E-state index in [1.165, 1.54) is 12.8 Å². The molecule has 1 fully saturated rings. The van der Waals surface area contributed by atoms with Crippen LogP contribution in [0.15, 0.2) is 30.5 Å². The Hall–Kier alpha value is -1.16. The van der Waals surface area contributed by atoms with E-state index in [0.717, 1.165) is 35.3 Å². The summed E-state index contributed by atoms with van der Waals surface area (Å²) in [5.74, 6) is 1.59. The molecular formula is C14H16BrN3. The van der Waals surface area contributed by atoms with E-state index < -0.39 is 0 Å². The molecule has 0 radical (unpaired) electrons. The van der Waals surface area contributed by atoms with Crippen LogP contribution in [0.25, 0.3) is 10.9 Å². The van der Waals surface area contributed by atoms with Gasteiger partial charge in [-0.1, -0.05) is 34.1 Å². The second-order valence-electron chi connectivity index (χ2n) is 4.84. The molecule has 94 valence electrons. The number of hydrogen-bond donors (Lipinski definition) is 0. The zero-order valence-corrected chi connectivity index (χ0v) is 11.8. The van der Waals surface area contributed by atoms with Gasteiger partial charge in [-0.3, -0.25) is 0 Å². The van der Waals surface area contributed by atoms with Crippen LogP contribution in [0.2, 0.25) is 0 Å². The Bertz CT molecular complexity index is 543. The maximum Gasteiger partial charge on any atom is 0.225 e. The van der Waals surface area contributed by atoms with E-state index in [9.17, 15) is 0 Å². The van der Waals surface area contributed by atoms with E-state index in [2.05, 4.69) is 36.9 Å². The van der Waals surface area contributed by atoms with Crippen molar-refractivity contribution >= 4 is 32.8 Å². The Balaban J connectivity index is 1.89. The summed E-state index contributed by atoms with van der Waals surface area (Å²) in [6.07, 6.45) is 4.46. The highest BCUT2D eigenvalue weighted by atomic mass is 79.9. The van der Waals surface area contributed by atoms with Crippen LogP contribution < -0.4 is 4.90 Å². The number of alkyl halides is 1. The number of fused-ring (bicyclic) bond motifs is 1. The van der Waals surface area contributed by atoms with Crippen LogP contribution in [-0.2, 0) is 0 Å². The molecule has 1 atom stereocenters. The molecule has 0 N–H and O–H groups in total. The maximum absolute atomic E-state index is 4.67. The number of para-hydroxylation sites is 1. The van der Waals surface area contributed by atoms with Gasteiger partial charge in [0.1, 0.15) is 0 Å². The first-order chi connectivity index (χ1) is 8.86. The topological polar surface area (TPSA) is 29.0 Å². The molecule has 0 bridgehead atoms. The summed E-state index contributed by atoms with van der Waals surface area (Å²) in [6.45, 7) is 2.13. The quantitative estimate of drug-likeness (QED) is 0.798. The van der Waals surface area contributed by atoms with Crippen LogP contribution in [0.1, 0.15) is 12.8 Å². The summed E-state index contributed by atoms with van der Waals surface area (Å²) in [5, 5.41) is 2.17.